The number of rotatable bonds is 4. The highest BCUT2D eigenvalue weighted by atomic mass is 35.5. The molecule has 3 rings (SSSR count). The zero-order valence-electron chi connectivity index (χ0n) is 12.8. The molecule has 0 unspecified atom stereocenters. The Hall–Kier alpha value is -0.840. The number of pyridine rings is 1. The molecule has 0 aromatic carbocycles. The topological polar surface area (TPSA) is 31.4 Å². The van der Waals surface area contributed by atoms with Crippen LogP contribution in [0.3, 0.4) is 0 Å². The minimum absolute atomic E-state index is 0.748. The molecule has 0 radical (unpaired) electrons. The summed E-state index contributed by atoms with van der Waals surface area (Å²) in [6.45, 7) is 5.26. The van der Waals surface area contributed by atoms with Gasteiger partial charge in [-0.3, -0.25) is 4.90 Å². The fraction of sp³-hybridized carbons (Fsp3) is 0.688. The van der Waals surface area contributed by atoms with Crippen molar-refractivity contribution in [1.29, 1.82) is 0 Å². The summed E-state index contributed by atoms with van der Waals surface area (Å²) < 4.78 is 0. The largest absolute Gasteiger partial charge is 0.354 e. The normalized spacial score (nSPS) is 21.1. The monoisotopic (exact) mass is 308 g/mol. The summed E-state index contributed by atoms with van der Waals surface area (Å²) in [5, 5.41) is 3.91. The maximum Gasteiger partial charge on any atom is 0.128 e. The Bertz CT molecular complexity index is 465. The summed E-state index contributed by atoms with van der Waals surface area (Å²) >= 11 is 6.19. The molecule has 2 heterocycles. The van der Waals surface area contributed by atoms with Gasteiger partial charge in [-0.2, -0.15) is 0 Å². The lowest BCUT2D eigenvalue weighted by molar-refractivity contribution is 0.187. The van der Waals surface area contributed by atoms with Gasteiger partial charge in [0.2, 0.25) is 0 Å². The lowest BCUT2D eigenvalue weighted by Crippen LogP contribution is -2.50. The van der Waals surface area contributed by atoms with Gasteiger partial charge in [0.1, 0.15) is 5.82 Å². The fourth-order valence-corrected chi connectivity index (χ4v) is 3.72. The molecular weight excluding hydrogens is 284 g/mol. The van der Waals surface area contributed by atoms with E-state index < -0.39 is 0 Å². The van der Waals surface area contributed by atoms with Crippen molar-refractivity contribution >= 4 is 17.4 Å². The van der Waals surface area contributed by atoms with Crippen LogP contribution in [0.15, 0.2) is 12.3 Å². The van der Waals surface area contributed by atoms with Crippen molar-refractivity contribution in [2.45, 2.75) is 38.3 Å². The quantitative estimate of drug-likeness (QED) is 0.926. The molecule has 0 amide bonds. The van der Waals surface area contributed by atoms with Crippen LogP contribution in [0.4, 0.5) is 5.82 Å². The van der Waals surface area contributed by atoms with Gasteiger partial charge in [0, 0.05) is 45.0 Å². The van der Waals surface area contributed by atoms with Gasteiger partial charge in [0.15, 0.2) is 0 Å². The Morgan fingerprint density at radius 3 is 2.62 bits per heavy atom. The maximum absolute atomic E-state index is 6.19. The van der Waals surface area contributed by atoms with E-state index in [1.165, 1.54) is 25.7 Å². The van der Waals surface area contributed by atoms with Crippen molar-refractivity contribution in [1.82, 2.24) is 15.2 Å². The molecule has 5 heteroatoms. The minimum Gasteiger partial charge on any atom is -0.354 e. The van der Waals surface area contributed by atoms with Gasteiger partial charge in [-0.1, -0.05) is 24.4 Å². The lowest BCUT2D eigenvalue weighted by atomic mass is 10.1. The van der Waals surface area contributed by atoms with E-state index in [2.05, 4.69) is 26.2 Å². The first-order valence-corrected chi connectivity index (χ1v) is 8.44. The van der Waals surface area contributed by atoms with E-state index in [0.29, 0.717) is 0 Å². The highest BCUT2D eigenvalue weighted by Gasteiger charge is 2.26. The highest BCUT2D eigenvalue weighted by Crippen LogP contribution is 2.26. The van der Waals surface area contributed by atoms with E-state index >= 15 is 0 Å². The molecule has 1 aliphatic heterocycles. The lowest BCUT2D eigenvalue weighted by Gasteiger charge is -2.38. The summed E-state index contributed by atoms with van der Waals surface area (Å²) in [6.07, 6.45) is 7.40. The number of halogens is 1. The summed E-state index contributed by atoms with van der Waals surface area (Å²) in [4.78, 5) is 9.58. The average Bonchev–Trinajstić information content (AvgIpc) is 3.04. The van der Waals surface area contributed by atoms with Crippen molar-refractivity contribution in [2.24, 2.45) is 0 Å². The van der Waals surface area contributed by atoms with Crippen LogP contribution >= 0.6 is 11.6 Å². The first kappa shape index (κ1) is 15.1. The summed E-state index contributed by atoms with van der Waals surface area (Å²) in [5.74, 6) is 1.07. The second-order valence-electron chi connectivity index (χ2n) is 6.13. The third-order valence-corrected chi connectivity index (χ3v) is 5.11. The Morgan fingerprint density at radius 2 is 1.95 bits per heavy atom. The molecule has 1 N–H and O–H groups in total. The third kappa shape index (κ3) is 3.50. The van der Waals surface area contributed by atoms with E-state index in [1.54, 1.807) is 6.20 Å². The van der Waals surface area contributed by atoms with E-state index in [9.17, 15) is 0 Å². The zero-order valence-corrected chi connectivity index (χ0v) is 13.6. The smallest absolute Gasteiger partial charge is 0.128 e. The first-order chi connectivity index (χ1) is 10.3. The van der Waals surface area contributed by atoms with Crippen molar-refractivity contribution in [3.05, 3.63) is 22.8 Å². The molecule has 21 heavy (non-hydrogen) atoms. The Balaban J connectivity index is 1.62. The SMILES string of the molecule is CNCc1cc(N2CCN(C3CCCC3)CC2)ncc1Cl. The number of nitrogens with zero attached hydrogens (tertiary/aromatic N) is 3. The van der Waals surface area contributed by atoms with Gasteiger partial charge >= 0.3 is 0 Å². The molecule has 1 aromatic rings. The predicted octanol–water partition coefficient (Wildman–Crippen LogP) is 2.52. The van der Waals surface area contributed by atoms with Crippen molar-refractivity contribution in [3.63, 3.8) is 0 Å². The van der Waals surface area contributed by atoms with Crippen LogP contribution in [0.5, 0.6) is 0 Å². The van der Waals surface area contributed by atoms with Crippen LogP contribution < -0.4 is 10.2 Å². The summed E-state index contributed by atoms with van der Waals surface area (Å²) in [5.41, 5.74) is 1.13. The standard InChI is InChI=1S/C16H25ClN4/c1-18-11-13-10-16(19-12-15(13)17)21-8-6-20(7-9-21)14-4-2-3-5-14/h10,12,14,18H,2-9,11H2,1H3. The van der Waals surface area contributed by atoms with Crippen LogP contribution in [0.1, 0.15) is 31.2 Å². The van der Waals surface area contributed by atoms with Crippen LogP contribution in [0.2, 0.25) is 5.02 Å². The van der Waals surface area contributed by atoms with Gasteiger partial charge in [0.25, 0.3) is 0 Å². The molecule has 0 spiro atoms. The van der Waals surface area contributed by atoms with E-state index in [0.717, 1.165) is 55.2 Å². The number of aromatic nitrogens is 1. The second-order valence-corrected chi connectivity index (χ2v) is 6.53. The van der Waals surface area contributed by atoms with Crippen LogP contribution in [0.25, 0.3) is 0 Å². The van der Waals surface area contributed by atoms with E-state index in [1.807, 2.05) is 7.05 Å². The van der Waals surface area contributed by atoms with Crippen molar-refractivity contribution in [3.8, 4) is 0 Å². The third-order valence-electron chi connectivity index (χ3n) is 4.77. The molecule has 4 nitrogen and oxygen atoms in total. The number of anilines is 1. The molecule has 1 aromatic heterocycles. The molecule has 1 aliphatic carbocycles. The highest BCUT2D eigenvalue weighted by molar-refractivity contribution is 6.31. The number of hydrogen-bond donors (Lipinski definition) is 1. The predicted molar refractivity (Wildman–Crippen MR) is 88.1 cm³/mol. The van der Waals surface area contributed by atoms with Gasteiger partial charge in [-0.25, -0.2) is 4.98 Å². The maximum atomic E-state index is 6.19. The first-order valence-electron chi connectivity index (χ1n) is 8.06. The molecule has 0 atom stereocenters. The van der Waals surface area contributed by atoms with Crippen molar-refractivity contribution < 1.29 is 0 Å². The van der Waals surface area contributed by atoms with Gasteiger partial charge in [-0.15, -0.1) is 0 Å². The van der Waals surface area contributed by atoms with Gasteiger partial charge in [0.05, 0.1) is 5.02 Å². The number of hydrogen-bond acceptors (Lipinski definition) is 4. The molecule has 116 valence electrons. The second kappa shape index (κ2) is 6.95. The Labute approximate surface area is 132 Å². The van der Waals surface area contributed by atoms with Gasteiger partial charge in [-0.05, 0) is 31.5 Å². The Morgan fingerprint density at radius 1 is 1.24 bits per heavy atom. The molecule has 1 saturated carbocycles. The summed E-state index contributed by atoms with van der Waals surface area (Å²) in [6, 6.07) is 2.97. The fourth-order valence-electron chi connectivity index (χ4n) is 3.55. The Kier molecular flexibility index (Phi) is 4.99. The summed E-state index contributed by atoms with van der Waals surface area (Å²) in [7, 11) is 1.94. The molecule has 2 fully saturated rings. The minimum atomic E-state index is 0.748. The van der Waals surface area contributed by atoms with E-state index in [-0.39, 0.29) is 0 Å². The molecule has 0 bridgehead atoms. The zero-order chi connectivity index (χ0) is 14.7. The van der Waals surface area contributed by atoms with Crippen LogP contribution in [0, 0.1) is 0 Å². The number of nitrogens with one attached hydrogen (secondary N) is 1. The molecule has 2 aliphatic rings. The number of piperazine rings is 1. The average molecular weight is 309 g/mol. The van der Waals surface area contributed by atoms with Crippen molar-refractivity contribution in [2.75, 3.05) is 38.1 Å². The van der Waals surface area contributed by atoms with E-state index in [4.69, 9.17) is 11.6 Å². The molecular formula is C16H25ClN4. The van der Waals surface area contributed by atoms with Crippen LogP contribution in [-0.2, 0) is 6.54 Å². The van der Waals surface area contributed by atoms with Crippen LogP contribution in [-0.4, -0.2) is 49.2 Å². The van der Waals surface area contributed by atoms with Gasteiger partial charge < -0.3 is 10.2 Å². The molecule has 1 saturated heterocycles.